The van der Waals surface area contributed by atoms with E-state index in [2.05, 4.69) is 13.8 Å². The van der Waals surface area contributed by atoms with Crippen molar-refractivity contribution in [2.45, 2.75) is 87.7 Å². The highest BCUT2D eigenvalue weighted by Crippen LogP contribution is 2.69. The van der Waals surface area contributed by atoms with Crippen molar-refractivity contribution in [3.05, 3.63) is 0 Å². The Morgan fingerprint density at radius 1 is 0.957 bits per heavy atom. The molecule has 4 heteroatoms. The van der Waals surface area contributed by atoms with Gasteiger partial charge in [0.15, 0.2) is 0 Å². The van der Waals surface area contributed by atoms with Gasteiger partial charge in [-0.25, -0.2) is 0 Å². The minimum Gasteiger partial charge on any atom is -0.393 e. The van der Waals surface area contributed by atoms with Gasteiger partial charge in [-0.2, -0.15) is 0 Å². The van der Waals surface area contributed by atoms with Crippen molar-refractivity contribution in [3.8, 4) is 0 Å². The number of halogens is 2. The summed E-state index contributed by atoms with van der Waals surface area (Å²) in [6, 6.07) is 0. The van der Waals surface area contributed by atoms with Crippen LogP contribution in [0.5, 0.6) is 0 Å². The van der Waals surface area contributed by atoms with Gasteiger partial charge in [0, 0.05) is 0 Å². The molecule has 0 spiro atoms. The smallest absolute Gasteiger partial charge is 0.0690 e. The molecule has 0 unspecified atom stereocenters. The van der Waals surface area contributed by atoms with Crippen molar-refractivity contribution < 1.29 is 10.2 Å². The monoisotopic (exact) mass is 360 g/mol. The molecule has 0 aromatic carbocycles. The predicted molar refractivity (Wildman–Crippen MR) is 93.9 cm³/mol. The first-order valence-corrected chi connectivity index (χ1v) is 10.2. The van der Waals surface area contributed by atoms with Gasteiger partial charge in [-0.05, 0) is 80.0 Å². The van der Waals surface area contributed by atoms with Gasteiger partial charge >= 0.3 is 0 Å². The normalized spacial score (nSPS) is 62.3. The zero-order valence-electron chi connectivity index (χ0n) is 14.3. The van der Waals surface area contributed by atoms with Gasteiger partial charge in [0.2, 0.25) is 0 Å². The summed E-state index contributed by atoms with van der Waals surface area (Å²) in [4.78, 5) is -0.474. The van der Waals surface area contributed by atoms with Crippen molar-refractivity contribution in [1.29, 1.82) is 0 Å². The maximum absolute atomic E-state index is 10.5. The first-order valence-electron chi connectivity index (χ1n) is 9.41. The molecule has 4 aliphatic rings. The Labute approximate surface area is 149 Å². The predicted octanol–water partition coefficient (Wildman–Crippen LogP) is 4.33. The summed E-state index contributed by atoms with van der Waals surface area (Å²) in [6.07, 6.45) is 7.30. The molecule has 23 heavy (non-hydrogen) atoms. The molecule has 2 nitrogen and oxygen atoms in total. The largest absolute Gasteiger partial charge is 0.393 e. The Hall–Kier alpha value is 0.500. The minimum absolute atomic E-state index is 0.0119. The summed E-state index contributed by atoms with van der Waals surface area (Å²) in [5, 5.41) is 20.6. The number of hydrogen-bond donors (Lipinski definition) is 2. The quantitative estimate of drug-likeness (QED) is 0.631. The van der Waals surface area contributed by atoms with E-state index in [-0.39, 0.29) is 28.4 Å². The third-order valence-electron chi connectivity index (χ3n) is 8.66. The van der Waals surface area contributed by atoms with E-state index in [9.17, 15) is 10.2 Å². The summed E-state index contributed by atoms with van der Waals surface area (Å²) in [6.45, 7) is 4.64. The van der Waals surface area contributed by atoms with Crippen LogP contribution in [-0.2, 0) is 0 Å². The van der Waals surface area contributed by atoms with Crippen LogP contribution in [0.2, 0.25) is 0 Å². The molecule has 132 valence electrons. The van der Waals surface area contributed by atoms with Crippen molar-refractivity contribution in [2.24, 2.45) is 28.6 Å². The van der Waals surface area contributed by atoms with Gasteiger partial charge in [0.05, 0.1) is 22.5 Å². The Kier molecular flexibility index (Phi) is 3.87. The molecular weight excluding hydrogens is 331 g/mol. The second kappa shape index (κ2) is 5.25. The molecule has 0 aromatic heterocycles. The van der Waals surface area contributed by atoms with Crippen molar-refractivity contribution in [2.75, 3.05) is 0 Å². The molecule has 0 aromatic rings. The van der Waals surface area contributed by atoms with Crippen molar-refractivity contribution in [1.82, 2.24) is 0 Å². The summed E-state index contributed by atoms with van der Waals surface area (Å²) < 4.78 is 0. The average molecular weight is 361 g/mol. The van der Waals surface area contributed by atoms with Gasteiger partial charge in [0.1, 0.15) is 0 Å². The van der Waals surface area contributed by atoms with E-state index >= 15 is 0 Å². The average Bonchev–Trinajstić information content (AvgIpc) is 2.79. The third-order valence-corrected chi connectivity index (χ3v) is 10.2. The lowest BCUT2D eigenvalue weighted by atomic mass is 9.44. The highest BCUT2D eigenvalue weighted by Gasteiger charge is 2.67. The number of aliphatic hydroxyl groups excluding tert-OH is 2. The van der Waals surface area contributed by atoms with E-state index in [0.29, 0.717) is 24.2 Å². The minimum atomic E-state index is -0.474. The lowest BCUT2D eigenvalue weighted by Gasteiger charge is -2.65. The van der Waals surface area contributed by atoms with Crippen LogP contribution >= 0.6 is 23.2 Å². The molecule has 4 fully saturated rings. The van der Waals surface area contributed by atoms with E-state index in [0.717, 1.165) is 44.9 Å². The fourth-order valence-corrected chi connectivity index (χ4v) is 8.18. The lowest BCUT2D eigenvalue weighted by Crippen LogP contribution is -2.65. The number of aliphatic hydroxyl groups is 2. The molecule has 0 aliphatic heterocycles. The highest BCUT2D eigenvalue weighted by molar-refractivity contribution is 6.33. The Morgan fingerprint density at radius 2 is 1.70 bits per heavy atom. The molecule has 2 N–H and O–H groups in total. The van der Waals surface area contributed by atoms with Gasteiger partial charge in [-0.3, -0.25) is 0 Å². The summed E-state index contributed by atoms with van der Waals surface area (Å²) in [5.41, 5.74) is 0.0899. The maximum atomic E-state index is 10.5. The van der Waals surface area contributed by atoms with E-state index < -0.39 is 4.87 Å². The second-order valence-electron chi connectivity index (χ2n) is 9.39. The van der Waals surface area contributed by atoms with Crippen LogP contribution in [0.1, 0.15) is 65.2 Å². The van der Waals surface area contributed by atoms with Crippen LogP contribution in [0, 0.1) is 28.6 Å². The third kappa shape index (κ3) is 2.08. The fourth-order valence-electron chi connectivity index (χ4n) is 7.14. The molecule has 0 heterocycles. The summed E-state index contributed by atoms with van der Waals surface area (Å²) >= 11 is 14.0. The van der Waals surface area contributed by atoms with Gasteiger partial charge in [0.25, 0.3) is 0 Å². The first-order chi connectivity index (χ1) is 10.7. The summed E-state index contributed by atoms with van der Waals surface area (Å²) in [5.74, 6) is 1.76. The zero-order valence-corrected chi connectivity index (χ0v) is 15.8. The van der Waals surface area contributed by atoms with Gasteiger partial charge in [-0.1, -0.05) is 13.8 Å². The van der Waals surface area contributed by atoms with E-state index in [1.165, 1.54) is 0 Å². The molecule has 4 rings (SSSR count). The standard InChI is InChI=1S/C19H30Cl2O2/c1-17-7-6-14-12(13(17)3-4-16(17)23)9-15(20)19(21)10-11(22)5-8-18(14,19)2/h11-16,22-23H,3-10H2,1-2H3/t11-,12+,13-,14+,15+,16-,17-,18+,19-/m0/s1. The molecule has 0 saturated heterocycles. The second-order valence-corrected chi connectivity index (χ2v) is 10.6. The van der Waals surface area contributed by atoms with Crippen molar-refractivity contribution >= 4 is 23.2 Å². The number of hydrogen-bond acceptors (Lipinski definition) is 2. The first kappa shape index (κ1) is 16.9. The highest BCUT2D eigenvalue weighted by atomic mass is 35.5. The number of alkyl halides is 2. The Bertz CT molecular complexity index is 500. The van der Waals surface area contributed by atoms with Crippen LogP contribution in [0.15, 0.2) is 0 Å². The van der Waals surface area contributed by atoms with Crippen LogP contribution in [-0.4, -0.2) is 32.7 Å². The maximum Gasteiger partial charge on any atom is 0.0690 e. The SMILES string of the molecule is C[C@]12CC[C@@H]3[C@H](C[C@@H](Cl)[C@@]4(Cl)C[C@@H](O)CC[C@]34C)[C@@H]1CC[C@@H]2O. The lowest BCUT2D eigenvalue weighted by molar-refractivity contribution is -0.122. The molecule has 4 aliphatic carbocycles. The fraction of sp³-hybridized carbons (Fsp3) is 1.00. The Balaban J connectivity index is 1.71. The van der Waals surface area contributed by atoms with Gasteiger partial charge < -0.3 is 10.2 Å². The van der Waals surface area contributed by atoms with Crippen LogP contribution in [0.25, 0.3) is 0 Å². The van der Waals surface area contributed by atoms with E-state index in [4.69, 9.17) is 23.2 Å². The molecule has 4 saturated carbocycles. The van der Waals surface area contributed by atoms with Crippen LogP contribution in [0.4, 0.5) is 0 Å². The molecule has 9 atom stereocenters. The molecule has 0 amide bonds. The van der Waals surface area contributed by atoms with Crippen LogP contribution in [0.3, 0.4) is 0 Å². The zero-order chi connectivity index (χ0) is 16.6. The molecular formula is C19H30Cl2O2. The van der Waals surface area contributed by atoms with Crippen molar-refractivity contribution in [3.63, 3.8) is 0 Å². The number of rotatable bonds is 0. The van der Waals surface area contributed by atoms with E-state index in [1.54, 1.807) is 0 Å². The summed E-state index contributed by atoms with van der Waals surface area (Å²) in [7, 11) is 0. The topological polar surface area (TPSA) is 40.5 Å². The van der Waals surface area contributed by atoms with Gasteiger partial charge in [-0.15, -0.1) is 23.2 Å². The molecule has 0 bridgehead atoms. The Morgan fingerprint density at radius 3 is 2.43 bits per heavy atom. The number of fused-ring (bicyclic) bond motifs is 5. The molecule has 0 radical (unpaired) electrons. The van der Waals surface area contributed by atoms with Crippen LogP contribution < -0.4 is 0 Å². The van der Waals surface area contributed by atoms with E-state index in [1.807, 2.05) is 0 Å².